The average molecular weight is 347 g/mol. The molecule has 1 aliphatic rings. The second kappa shape index (κ2) is 6.62. The summed E-state index contributed by atoms with van der Waals surface area (Å²) >= 11 is 9.28. The Hall–Kier alpha value is -0.740. The SMILES string of the molecule is CC1CCN(C(=O)COc2ccc(Cl)cc2)C1CBr. The molecule has 1 heterocycles. The van der Waals surface area contributed by atoms with Gasteiger partial charge in [-0.15, -0.1) is 0 Å². The van der Waals surface area contributed by atoms with Crippen LogP contribution in [0.1, 0.15) is 13.3 Å². The third-order valence-electron chi connectivity index (χ3n) is 3.54. The number of amides is 1. The van der Waals surface area contributed by atoms with Gasteiger partial charge in [-0.3, -0.25) is 4.79 Å². The topological polar surface area (TPSA) is 29.5 Å². The molecule has 0 aliphatic carbocycles. The van der Waals surface area contributed by atoms with Crippen molar-refractivity contribution in [1.29, 1.82) is 0 Å². The highest BCUT2D eigenvalue weighted by Gasteiger charge is 2.33. The Morgan fingerprint density at radius 3 is 2.79 bits per heavy atom. The Balaban J connectivity index is 1.89. The van der Waals surface area contributed by atoms with Crippen LogP contribution in [-0.4, -0.2) is 35.3 Å². The Morgan fingerprint density at radius 1 is 1.47 bits per heavy atom. The van der Waals surface area contributed by atoms with Gasteiger partial charge < -0.3 is 9.64 Å². The lowest BCUT2D eigenvalue weighted by molar-refractivity contribution is -0.134. The first-order chi connectivity index (χ1) is 9.11. The highest BCUT2D eigenvalue weighted by Crippen LogP contribution is 2.25. The van der Waals surface area contributed by atoms with Crippen molar-refractivity contribution in [3.63, 3.8) is 0 Å². The number of rotatable bonds is 4. The van der Waals surface area contributed by atoms with E-state index < -0.39 is 0 Å². The predicted octanol–water partition coefficient (Wildman–Crippen LogP) is 3.35. The maximum absolute atomic E-state index is 12.2. The first-order valence-corrected chi connectivity index (χ1v) is 7.85. The van der Waals surface area contributed by atoms with E-state index in [4.69, 9.17) is 16.3 Å². The summed E-state index contributed by atoms with van der Waals surface area (Å²) in [6, 6.07) is 7.32. The van der Waals surface area contributed by atoms with Crippen LogP contribution in [0.15, 0.2) is 24.3 Å². The standard InChI is InChI=1S/C14H17BrClNO2/c1-10-6-7-17(13(10)8-15)14(18)9-19-12-4-2-11(16)3-5-12/h2-5,10,13H,6-9H2,1H3. The summed E-state index contributed by atoms with van der Waals surface area (Å²) in [5, 5.41) is 1.48. The van der Waals surface area contributed by atoms with Crippen LogP contribution >= 0.6 is 27.5 Å². The van der Waals surface area contributed by atoms with E-state index in [0.717, 1.165) is 18.3 Å². The number of carbonyl (C=O) groups is 1. The Morgan fingerprint density at radius 2 is 2.16 bits per heavy atom. The van der Waals surface area contributed by atoms with Crippen LogP contribution in [0.5, 0.6) is 5.75 Å². The quantitative estimate of drug-likeness (QED) is 0.783. The summed E-state index contributed by atoms with van der Waals surface area (Å²) < 4.78 is 5.50. The van der Waals surface area contributed by atoms with Crippen LogP contribution < -0.4 is 4.74 Å². The van der Waals surface area contributed by atoms with E-state index in [1.807, 2.05) is 4.90 Å². The fourth-order valence-corrected chi connectivity index (χ4v) is 3.43. The molecule has 1 amide bonds. The van der Waals surface area contributed by atoms with E-state index in [1.165, 1.54) is 0 Å². The number of hydrogen-bond acceptors (Lipinski definition) is 2. The highest BCUT2D eigenvalue weighted by molar-refractivity contribution is 9.09. The molecule has 2 rings (SSSR count). The van der Waals surface area contributed by atoms with Crippen LogP contribution in [0.25, 0.3) is 0 Å². The number of hydrogen-bond donors (Lipinski definition) is 0. The van der Waals surface area contributed by atoms with Crippen LogP contribution in [0.3, 0.4) is 0 Å². The van der Waals surface area contributed by atoms with Crippen LogP contribution in [-0.2, 0) is 4.79 Å². The molecule has 2 atom stereocenters. The van der Waals surface area contributed by atoms with E-state index >= 15 is 0 Å². The molecule has 19 heavy (non-hydrogen) atoms. The maximum atomic E-state index is 12.2. The molecule has 1 aromatic carbocycles. The zero-order valence-corrected chi connectivity index (χ0v) is 13.2. The lowest BCUT2D eigenvalue weighted by atomic mass is 10.1. The first-order valence-electron chi connectivity index (χ1n) is 6.35. The molecule has 1 aromatic rings. The second-order valence-electron chi connectivity index (χ2n) is 4.82. The van der Waals surface area contributed by atoms with Gasteiger partial charge in [0.25, 0.3) is 5.91 Å². The van der Waals surface area contributed by atoms with Crippen molar-refractivity contribution in [2.45, 2.75) is 19.4 Å². The molecule has 1 aliphatic heterocycles. The van der Waals surface area contributed by atoms with Crippen molar-refractivity contribution >= 4 is 33.4 Å². The van der Waals surface area contributed by atoms with Crippen LogP contribution in [0.4, 0.5) is 0 Å². The summed E-state index contributed by atoms with van der Waals surface area (Å²) in [4.78, 5) is 14.1. The molecular weight excluding hydrogens is 330 g/mol. The molecule has 1 saturated heterocycles. The summed E-state index contributed by atoms with van der Waals surface area (Å²) in [5.74, 6) is 1.25. The summed E-state index contributed by atoms with van der Waals surface area (Å²) in [6.45, 7) is 3.08. The number of halogens is 2. The molecule has 0 radical (unpaired) electrons. The molecule has 0 saturated carbocycles. The van der Waals surface area contributed by atoms with Gasteiger partial charge in [0, 0.05) is 22.9 Å². The van der Waals surface area contributed by atoms with E-state index in [0.29, 0.717) is 16.7 Å². The van der Waals surface area contributed by atoms with Gasteiger partial charge in [0.2, 0.25) is 0 Å². The monoisotopic (exact) mass is 345 g/mol. The second-order valence-corrected chi connectivity index (χ2v) is 5.90. The normalized spacial score (nSPS) is 22.6. The number of alkyl halides is 1. The van der Waals surface area contributed by atoms with Gasteiger partial charge in [-0.2, -0.15) is 0 Å². The van der Waals surface area contributed by atoms with Crippen molar-refractivity contribution in [2.24, 2.45) is 5.92 Å². The lowest BCUT2D eigenvalue weighted by Gasteiger charge is -2.25. The van der Waals surface area contributed by atoms with Gasteiger partial charge >= 0.3 is 0 Å². The molecule has 0 spiro atoms. The van der Waals surface area contributed by atoms with E-state index in [-0.39, 0.29) is 18.6 Å². The van der Waals surface area contributed by atoms with E-state index in [2.05, 4.69) is 22.9 Å². The Labute approximate surface area is 127 Å². The van der Waals surface area contributed by atoms with Crippen LogP contribution in [0.2, 0.25) is 5.02 Å². The van der Waals surface area contributed by atoms with Crippen LogP contribution in [0, 0.1) is 5.92 Å². The predicted molar refractivity (Wildman–Crippen MR) is 80.0 cm³/mol. The van der Waals surface area contributed by atoms with Gasteiger partial charge in [0.15, 0.2) is 6.61 Å². The molecular formula is C14H17BrClNO2. The highest BCUT2D eigenvalue weighted by atomic mass is 79.9. The number of nitrogens with zero attached hydrogens (tertiary/aromatic N) is 1. The number of ether oxygens (including phenoxy) is 1. The van der Waals surface area contributed by atoms with Gasteiger partial charge in [0.1, 0.15) is 5.75 Å². The molecule has 104 valence electrons. The van der Waals surface area contributed by atoms with Gasteiger partial charge in [-0.05, 0) is 36.6 Å². The van der Waals surface area contributed by atoms with Crippen molar-refractivity contribution in [3.8, 4) is 5.75 Å². The fraction of sp³-hybridized carbons (Fsp3) is 0.500. The number of carbonyl (C=O) groups excluding carboxylic acids is 1. The first kappa shape index (κ1) is 14.7. The molecule has 0 N–H and O–H groups in total. The third kappa shape index (κ3) is 3.63. The number of likely N-dealkylation sites (tertiary alicyclic amines) is 1. The minimum Gasteiger partial charge on any atom is -0.484 e. The molecule has 3 nitrogen and oxygen atoms in total. The minimum atomic E-state index is 0.0451. The summed E-state index contributed by atoms with van der Waals surface area (Å²) in [6.07, 6.45) is 1.06. The van der Waals surface area contributed by atoms with Crippen molar-refractivity contribution < 1.29 is 9.53 Å². The van der Waals surface area contributed by atoms with Crippen molar-refractivity contribution in [1.82, 2.24) is 4.90 Å². The largest absolute Gasteiger partial charge is 0.484 e. The Kier molecular flexibility index (Phi) is 5.11. The van der Waals surface area contributed by atoms with Crippen molar-refractivity contribution in [3.05, 3.63) is 29.3 Å². The summed E-state index contributed by atoms with van der Waals surface area (Å²) in [7, 11) is 0. The van der Waals surface area contributed by atoms with Gasteiger partial charge in [-0.1, -0.05) is 34.5 Å². The van der Waals surface area contributed by atoms with Crippen molar-refractivity contribution in [2.75, 3.05) is 18.5 Å². The Bertz CT molecular complexity index is 438. The van der Waals surface area contributed by atoms with Gasteiger partial charge in [-0.25, -0.2) is 0 Å². The maximum Gasteiger partial charge on any atom is 0.260 e. The fourth-order valence-electron chi connectivity index (χ4n) is 2.31. The molecule has 5 heteroatoms. The number of benzene rings is 1. The third-order valence-corrected chi connectivity index (χ3v) is 4.45. The molecule has 0 bridgehead atoms. The molecule has 2 unspecified atom stereocenters. The molecule has 1 fully saturated rings. The van der Waals surface area contributed by atoms with E-state index in [9.17, 15) is 4.79 Å². The smallest absolute Gasteiger partial charge is 0.260 e. The van der Waals surface area contributed by atoms with E-state index in [1.54, 1.807) is 24.3 Å². The zero-order valence-electron chi connectivity index (χ0n) is 10.8. The van der Waals surface area contributed by atoms with Gasteiger partial charge in [0.05, 0.1) is 0 Å². The minimum absolute atomic E-state index is 0.0451. The summed E-state index contributed by atoms with van der Waals surface area (Å²) in [5.41, 5.74) is 0. The average Bonchev–Trinajstić information content (AvgIpc) is 2.79. The zero-order chi connectivity index (χ0) is 13.8. The molecule has 0 aromatic heterocycles. The lowest BCUT2D eigenvalue weighted by Crippen LogP contribution is -2.41.